The van der Waals surface area contributed by atoms with Crippen LogP contribution < -0.4 is 9.64 Å². The van der Waals surface area contributed by atoms with Crippen molar-refractivity contribution in [1.82, 2.24) is 24.6 Å². The Balaban J connectivity index is 0.00000144. The van der Waals surface area contributed by atoms with Crippen LogP contribution in [0.3, 0.4) is 0 Å². The van der Waals surface area contributed by atoms with Gasteiger partial charge in [-0.25, -0.2) is 0 Å². The van der Waals surface area contributed by atoms with E-state index in [2.05, 4.69) is 73.1 Å². The van der Waals surface area contributed by atoms with E-state index in [1.165, 1.54) is 16.6 Å². The van der Waals surface area contributed by atoms with Gasteiger partial charge in [-0.05, 0) is 56.2 Å². The van der Waals surface area contributed by atoms with Crippen molar-refractivity contribution >= 4 is 41.4 Å². The molecule has 0 atom stereocenters. The molecule has 4 aromatic rings. The number of hydrogen-bond acceptors (Lipinski definition) is 6. The summed E-state index contributed by atoms with van der Waals surface area (Å²) in [5, 5.41) is 9.69. The zero-order valence-corrected chi connectivity index (χ0v) is 21.6. The molecule has 184 valence electrons. The minimum absolute atomic E-state index is 0. The summed E-state index contributed by atoms with van der Waals surface area (Å²) in [5.41, 5.74) is 5.75. The lowest BCUT2D eigenvalue weighted by Gasteiger charge is -2.36. The van der Waals surface area contributed by atoms with Crippen molar-refractivity contribution in [2.24, 2.45) is 0 Å². The fraction of sp³-hybridized carbons (Fsp3) is 0.346. The number of pyridine rings is 1. The van der Waals surface area contributed by atoms with E-state index >= 15 is 0 Å². The van der Waals surface area contributed by atoms with Crippen molar-refractivity contribution in [2.45, 2.75) is 26.9 Å². The van der Waals surface area contributed by atoms with Crippen LogP contribution in [0.2, 0.25) is 0 Å². The van der Waals surface area contributed by atoms with E-state index < -0.39 is 0 Å². The number of para-hydroxylation sites is 1. The van der Waals surface area contributed by atoms with Crippen LogP contribution in [-0.2, 0) is 13.0 Å². The lowest BCUT2D eigenvalue weighted by atomic mass is 10.1. The van der Waals surface area contributed by atoms with Crippen molar-refractivity contribution in [1.29, 1.82) is 0 Å². The first-order valence-corrected chi connectivity index (χ1v) is 11.7. The maximum absolute atomic E-state index is 6.10. The van der Waals surface area contributed by atoms with Crippen LogP contribution in [0.25, 0.3) is 16.6 Å². The van der Waals surface area contributed by atoms with Crippen LogP contribution in [0.5, 0.6) is 5.75 Å². The van der Waals surface area contributed by atoms with E-state index in [-0.39, 0.29) is 24.8 Å². The summed E-state index contributed by atoms with van der Waals surface area (Å²) in [6, 6.07) is 17.2. The molecule has 0 radical (unpaired) electrons. The first-order valence-electron chi connectivity index (χ1n) is 11.7. The average Bonchev–Trinajstić information content (AvgIpc) is 3.23. The van der Waals surface area contributed by atoms with Gasteiger partial charge in [0.15, 0.2) is 5.82 Å². The predicted octanol–water partition coefficient (Wildman–Crippen LogP) is 4.53. The summed E-state index contributed by atoms with van der Waals surface area (Å²) in [6.07, 6.45) is 0.969. The number of piperazine rings is 1. The van der Waals surface area contributed by atoms with Gasteiger partial charge >= 0.3 is 0 Å². The van der Waals surface area contributed by atoms with Crippen LogP contribution >= 0.6 is 24.8 Å². The summed E-state index contributed by atoms with van der Waals surface area (Å²) < 4.78 is 8.22. The van der Waals surface area contributed by atoms with Crippen molar-refractivity contribution in [3.8, 4) is 11.4 Å². The van der Waals surface area contributed by atoms with E-state index in [4.69, 9.17) is 9.72 Å². The Hall–Kier alpha value is -2.87. The van der Waals surface area contributed by atoms with E-state index in [0.29, 0.717) is 6.61 Å². The summed E-state index contributed by atoms with van der Waals surface area (Å²) in [5.74, 6) is 2.75. The normalized spacial score (nSPS) is 15.0. The third-order valence-electron chi connectivity index (χ3n) is 6.81. The highest BCUT2D eigenvalue weighted by atomic mass is 35.5. The van der Waals surface area contributed by atoms with E-state index in [1.54, 1.807) is 0 Å². The molecule has 0 saturated carbocycles. The Labute approximate surface area is 217 Å². The molecule has 1 fully saturated rings. The number of aromatic nitrogens is 4. The molecular formula is C26H30Cl2N6O. The lowest BCUT2D eigenvalue weighted by Crippen LogP contribution is -2.47. The van der Waals surface area contributed by atoms with E-state index in [0.717, 1.165) is 73.4 Å². The highest BCUT2D eigenvalue weighted by molar-refractivity contribution is 5.92. The Bertz CT molecular complexity index is 1330. The van der Waals surface area contributed by atoms with E-state index in [9.17, 15) is 0 Å². The van der Waals surface area contributed by atoms with Crippen LogP contribution in [0, 0.1) is 13.8 Å². The molecule has 0 aliphatic carbocycles. The fourth-order valence-electron chi connectivity index (χ4n) is 5.07. The second-order valence-electron chi connectivity index (χ2n) is 8.93. The second kappa shape index (κ2) is 10.4. The van der Waals surface area contributed by atoms with Crippen LogP contribution in [0.4, 0.5) is 5.69 Å². The lowest BCUT2D eigenvalue weighted by molar-refractivity contribution is 0.254. The van der Waals surface area contributed by atoms with Gasteiger partial charge < -0.3 is 9.64 Å². The molecule has 35 heavy (non-hydrogen) atoms. The van der Waals surface area contributed by atoms with Gasteiger partial charge in [-0.2, -0.15) is 0 Å². The third-order valence-corrected chi connectivity index (χ3v) is 6.81. The second-order valence-corrected chi connectivity index (χ2v) is 8.93. The van der Waals surface area contributed by atoms with Gasteiger partial charge in [-0.3, -0.25) is 14.5 Å². The van der Waals surface area contributed by atoms with Gasteiger partial charge in [0.05, 0.1) is 11.2 Å². The number of hydrogen-bond donors (Lipinski definition) is 0. The maximum atomic E-state index is 6.10. The number of benzene rings is 2. The molecular weight excluding hydrogens is 483 g/mol. The summed E-state index contributed by atoms with van der Waals surface area (Å²) in [6.45, 7) is 9.71. The number of aryl methyl sites for hydroxylation is 2. The number of anilines is 1. The standard InChI is InChI=1S/C26H28N6O.2ClH/c1-18-9-10-21-22(27-18)6-4-7-23(21)31-15-13-30(14-16-31)12-11-20-5-3-8-24-26(20)33-17-25-29-28-19(2)32(24)25;;/h3-10H,11-17H2,1-2H3;2*1H. The van der Waals surface area contributed by atoms with Crippen LogP contribution in [-0.4, -0.2) is 57.4 Å². The molecule has 2 aromatic heterocycles. The minimum Gasteiger partial charge on any atom is -0.483 e. The molecule has 6 rings (SSSR count). The van der Waals surface area contributed by atoms with Crippen molar-refractivity contribution < 1.29 is 4.74 Å². The molecule has 9 heteroatoms. The Morgan fingerprint density at radius 3 is 2.46 bits per heavy atom. The summed E-state index contributed by atoms with van der Waals surface area (Å²) in [7, 11) is 0. The fourth-order valence-corrected chi connectivity index (χ4v) is 5.07. The molecule has 0 spiro atoms. The molecule has 2 aliphatic rings. The van der Waals surface area contributed by atoms with Gasteiger partial charge in [0, 0.05) is 49.5 Å². The Morgan fingerprint density at radius 1 is 0.857 bits per heavy atom. The highest BCUT2D eigenvalue weighted by Crippen LogP contribution is 2.34. The van der Waals surface area contributed by atoms with E-state index in [1.807, 2.05) is 13.8 Å². The SMILES string of the molecule is Cc1ccc2c(N3CCN(CCc4cccc5c4OCc4nnc(C)n4-5)CC3)cccc2n1.Cl.Cl. The average molecular weight is 513 g/mol. The molecule has 0 N–H and O–H groups in total. The van der Waals surface area contributed by atoms with Gasteiger partial charge in [0.25, 0.3) is 0 Å². The molecule has 0 amide bonds. The summed E-state index contributed by atoms with van der Waals surface area (Å²) in [4.78, 5) is 9.76. The highest BCUT2D eigenvalue weighted by Gasteiger charge is 2.24. The Kier molecular flexibility index (Phi) is 7.50. The predicted molar refractivity (Wildman–Crippen MR) is 144 cm³/mol. The third kappa shape index (κ3) is 4.68. The summed E-state index contributed by atoms with van der Waals surface area (Å²) >= 11 is 0. The first kappa shape index (κ1) is 25.2. The smallest absolute Gasteiger partial charge is 0.175 e. The maximum Gasteiger partial charge on any atom is 0.175 e. The van der Waals surface area contributed by atoms with Gasteiger partial charge in [0.2, 0.25) is 0 Å². The molecule has 0 unspecified atom stereocenters. The number of halogens is 2. The molecule has 0 bridgehead atoms. The van der Waals surface area contributed by atoms with Crippen molar-refractivity contribution in [3.05, 3.63) is 71.4 Å². The molecule has 2 aliphatic heterocycles. The molecule has 1 saturated heterocycles. The molecule has 7 nitrogen and oxygen atoms in total. The van der Waals surface area contributed by atoms with Gasteiger partial charge in [-0.15, -0.1) is 35.0 Å². The quantitative estimate of drug-likeness (QED) is 0.400. The zero-order chi connectivity index (χ0) is 22.4. The molecule has 2 aromatic carbocycles. The minimum atomic E-state index is 0. The van der Waals surface area contributed by atoms with Crippen LogP contribution in [0.1, 0.15) is 22.9 Å². The molecule has 4 heterocycles. The number of rotatable bonds is 4. The van der Waals surface area contributed by atoms with Gasteiger partial charge in [0.1, 0.15) is 18.2 Å². The first-order chi connectivity index (χ1) is 16.2. The van der Waals surface area contributed by atoms with Crippen LogP contribution in [0.15, 0.2) is 48.5 Å². The monoisotopic (exact) mass is 512 g/mol. The number of fused-ring (bicyclic) bond motifs is 4. The number of ether oxygens (including phenoxy) is 1. The van der Waals surface area contributed by atoms with Crippen molar-refractivity contribution in [3.63, 3.8) is 0 Å². The zero-order valence-electron chi connectivity index (χ0n) is 20.0. The number of nitrogens with zero attached hydrogens (tertiary/aromatic N) is 6. The van der Waals surface area contributed by atoms with Crippen molar-refractivity contribution in [2.75, 3.05) is 37.6 Å². The largest absolute Gasteiger partial charge is 0.483 e. The topological polar surface area (TPSA) is 59.3 Å². The van der Waals surface area contributed by atoms with Gasteiger partial charge in [-0.1, -0.05) is 18.2 Å². The Morgan fingerprint density at radius 2 is 1.63 bits per heavy atom.